The summed E-state index contributed by atoms with van der Waals surface area (Å²) in [5, 5.41) is 12.1. The molecule has 0 radical (unpaired) electrons. The molecule has 110 valence electrons. The first-order valence-electron chi connectivity index (χ1n) is 6.33. The molecule has 21 heavy (non-hydrogen) atoms. The number of hydrogen-bond acceptors (Lipinski definition) is 5. The third kappa shape index (κ3) is 3.18. The van der Waals surface area contributed by atoms with Gasteiger partial charge < -0.3 is 9.84 Å². The highest BCUT2D eigenvalue weighted by molar-refractivity contribution is 5.90. The molecular formula is C15H16N2O4. The largest absolute Gasteiger partial charge is 0.480 e. The minimum atomic E-state index is -1.13. The Labute approximate surface area is 121 Å². The Balaban J connectivity index is 2.46. The van der Waals surface area contributed by atoms with Crippen molar-refractivity contribution in [3.05, 3.63) is 48.0 Å². The van der Waals surface area contributed by atoms with Gasteiger partial charge in [0.2, 0.25) is 0 Å². The molecule has 2 aromatic carbocycles. The maximum absolute atomic E-state index is 11.6. The van der Waals surface area contributed by atoms with Crippen molar-refractivity contribution in [1.29, 1.82) is 0 Å². The fourth-order valence-electron chi connectivity index (χ4n) is 2.25. The van der Waals surface area contributed by atoms with Gasteiger partial charge in [-0.25, -0.2) is 5.01 Å². The number of methoxy groups -OCH3 is 1. The van der Waals surface area contributed by atoms with Gasteiger partial charge in [-0.2, -0.15) is 0 Å². The van der Waals surface area contributed by atoms with Gasteiger partial charge in [-0.15, -0.1) is 0 Å². The lowest BCUT2D eigenvalue weighted by molar-refractivity contribution is -0.148. The van der Waals surface area contributed by atoms with Crippen LogP contribution in [0, 0.1) is 0 Å². The van der Waals surface area contributed by atoms with Crippen molar-refractivity contribution in [2.45, 2.75) is 6.04 Å². The second kappa shape index (κ2) is 6.34. The van der Waals surface area contributed by atoms with Crippen LogP contribution < -0.4 is 5.84 Å². The van der Waals surface area contributed by atoms with Gasteiger partial charge in [0.25, 0.3) is 0 Å². The van der Waals surface area contributed by atoms with Crippen LogP contribution in [0.2, 0.25) is 0 Å². The molecule has 1 atom stereocenters. The van der Waals surface area contributed by atoms with E-state index in [1.54, 1.807) is 12.1 Å². The summed E-state index contributed by atoms with van der Waals surface area (Å²) in [4.78, 5) is 22.9. The summed E-state index contributed by atoms with van der Waals surface area (Å²) >= 11 is 0. The second-order valence-corrected chi connectivity index (χ2v) is 4.56. The number of carbonyl (C=O) groups is 2. The molecule has 2 rings (SSSR count). The normalized spacial score (nSPS) is 12.3. The molecule has 0 spiro atoms. The molecule has 0 aliphatic heterocycles. The molecule has 3 N–H and O–H groups in total. The minimum Gasteiger partial charge on any atom is -0.480 e. The Morgan fingerprint density at radius 2 is 1.90 bits per heavy atom. The number of carboxylic acid groups (broad SMARTS) is 1. The SMILES string of the molecule is COC(=O)CN(N)C(C(=O)O)c1cccc2ccccc12. The van der Waals surface area contributed by atoms with E-state index in [1.807, 2.05) is 30.3 Å². The Morgan fingerprint density at radius 3 is 2.57 bits per heavy atom. The third-order valence-corrected chi connectivity index (χ3v) is 3.22. The van der Waals surface area contributed by atoms with Gasteiger partial charge in [0.05, 0.1) is 7.11 Å². The Kier molecular flexibility index (Phi) is 4.52. The van der Waals surface area contributed by atoms with E-state index in [0.717, 1.165) is 15.8 Å². The van der Waals surface area contributed by atoms with Crippen LogP contribution in [-0.4, -0.2) is 35.7 Å². The number of carboxylic acids is 1. The van der Waals surface area contributed by atoms with Crippen molar-refractivity contribution in [1.82, 2.24) is 5.01 Å². The molecule has 0 saturated heterocycles. The van der Waals surface area contributed by atoms with Crippen molar-refractivity contribution < 1.29 is 19.4 Å². The summed E-state index contributed by atoms with van der Waals surface area (Å²) in [7, 11) is 1.23. The summed E-state index contributed by atoms with van der Waals surface area (Å²) in [6.07, 6.45) is 0. The van der Waals surface area contributed by atoms with Crippen LogP contribution in [0.5, 0.6) is 0 Å². The Morgan fingerprint density at radius 1 is 1.24 bits per heavy atom. The number of fused-ring (bicyclic) bond motifs is 1. The van der Waals surface area contributed by atoms with Crippen LogP contribution in [0.25, 0.3) is 10.8 Å². The van der Waals surface area contributed by atoms with Gasteiger partial charge in [0, 0.05) is 0 Å². The zero-order valence-electron chi connectivity index (χ0n) is 11.5. The van der Waals surface area contributed by atoms with Gasteiger partial charge in [0.15, 0.2) is 0 Å². The molecule has 0 bridgehead atoms. The molecule has 0 aliphatic rings. The van der Waals surface area contributed by atoms with E-state index in [-0.39, 0.29) is 6.54 Å². The fraction of sp³-hybridized carbons (Fsp3) is 0.200. The van der Waals surface area contributed by atoms with E-state index < -0.39 is 18.0 Å². The molecule has 6 nitrogen and oxygen atoms in total. The predicted octanol–water partition coefficient (Wildman–Crippen LogP) is 1.31. The van der Waals surface area contributed by atoms with E-state index in [0.29, 0.717) is 5.56 Å². The van der Waals surface area contributed by atoms with E-state index in [2.05, 4.69) is 4.74 Å². The molecular weight excluding hydrogens is 272 g/mol. The first-order valence-corrected chi connectivity index (χ1v) is 6.33. The van der Waals surface area contributed by atoms with Crippen LogP contribution >= 0.6 is 0 Å². The number of hydrazine groups is 1. The number of rotatable bonds is 5. The zero-order chi connectivity index (χ0) is 15.4. The topological polar surface area (TPSA) is 92.9 Å². The summed E-state index contributed by atoms with van der Waals surface area (Å²) in [5.74, 6) is 4.05. The average molecular weight is 288 g/mol. The van der Waals surface area contributed by atoms with Crippen LogP contribution in [-0.2, 0) is 14.3 Å². The lowest BCUT2D eigenvalue weighted by Gasteiger charge is -2.24. The van der Waals surface area contributed by atoms with E-state index >= 15 is 0 Å². The zero-order valence-corrected chi connectivity index (χ0v) is 11.5. The maximum Gasteiger partial charge on any atom is 0.326 e. The van der Waals surface area contributed by atoms with E-state index in [9.17, 15) is 14.7 Å². The number of aliphatic carboxylic acids is 1. The quantitative estimate of drug-likeness (QED) is 0.489. The van der Waals surface area contributed by atoms with Gasteiger partial charge in [-0.05, 0) is 16.3 Å². The van der Waals surface area contributed by atoms with Crippen LogP contribution in [0.1, 0.15) is 11.6 Å². The number of benzene rings is 2. The summed E-state index contributed by atoms with van der Waals surface area (Å²) in [6.45, 7) is -0.309. The standard InChI is InChI=1S/C15H16N2O4/c1-21-13(18)9-17(16)14(15(19)20)12-8-4-6-10-5-2-3-7-11(10)12/h2-8,14H,9,16H2,1H3,(H,19,20). The molecule has 0 fully saturated rings. The highest BCUT2D eigenvalue weighted by atomic mass is 16.5. The number of nitrogens with zero attached hydrogens (tertiary/aromatic N) is 1. The molecule has 0 amide bonds. The Hall–Kier alpha value is -2.44. The number of esters is 1. The first-order chi connectivity index (χ1) is 10.0. The monoisotopic (exact) mass is 288 g/mol. The smallest absolute Gasteiger partial charge is 0.326 e. The minimum absolute atomic E-state index is 0.309. The van der Waals surface area contributed by atoms with Crippen molar-refractivity contribution in [2.75, 3.05) is 13.7 Å². The molecule has 6 heteroatoms. The third-order valence-electron chi connectivity index (χ3n) is 3.22. The highest BCUT2D eigenvalue weighted by Crippen LogP contribution is 2.27. The first kappa shape index (κ1) is 15.0. The molecule has 0 saturated carbocycles. The molecule has 0 aromatic heterocycles. The number of ether oxygens (including phenoxy) is 1. The van der Waals surface area contributed by atoms with Crippen molar-refractivity contribution in [3.8, 4) is 0 Å². The van der Waals surface area contributed by atoms with Gasteiger partial charge in [-0.3, -0.25) is 15.4 Å². The van der Waals surface area contributed by atoms with Gasteiger partial charge in [-0.1, -0.05) is 42.5 Å². The summed E-state index contributed by atoms with van der Waals surface area (Å²) < 4.78 is 4.52. The summed E-state index contributed by atoms with van der Waals surface area (Å²) in [6, 6.07) is 11.6. The van der Waals surface area contributed by atoms with E-state index in [1.165, 1.54) is 7.11 Å². The Bertz CT molecular complexity index is 666. The number of carbonyl (C=O) groups excluding carboxylic acids is 1. The predicted molar refractivity (Wildman–Crippen MR) is 77.2 cm³/mol. The van der Waals surface area contributed by atoms with Gasteiger partial charge in [0.1, 0.15) is 12.6 Å². The molecule has 0 aliphatic carbocycles. The molecule has 1 unspecified atom stereocenters. The maximum atomic E-state index is 11.6. The lowest BCUT2D eigenvalue weighted by atomic mass is 9.98. The van der Waals surface area contributed by atoms with E-state index in [4.69, 9.17) is 5.84 Å². The molecule has 0 heterocycles. The van der Waals surface area contributed by atoms with Crippen molar-refractivity contribution in [2.24, 2.45) is 5.84 Å². The van der Waals surface area contributed by atoms with Crippen LogP contribution in [0.15, 0.2) is 42.5 Å². The number of nitrogens with two attached hydrogens (primary N) is 1. The fourth-order valence-corrected chi connectivity index (χ4v) is 2.25. The lowest BCUT2D eigenvalue weighted by Crippen LogP contribution is -2.43. The van der Waals surface area contributed by atoms with Crippen molar-refractivity contribution >= 4 is 22.7 Å². The average Bonchev–Trinajstić information content (AvgIpc) is 2.47. The van der Waals surface area contributed by atoms with Crippen LogP contribution in [0.3, 0.4) is 0 Å². The molecule has 2 aromatic rings. The van der Waals surface area contributed by atoms with Gasteiger partial charge >= 0.3 is 11.9 Å². The summed E-state index contributed by atoms with van der Waals surface area (Å²) in [5.41, 5.74) is 0.534. The van der Waals surface area contributed by atoms with Crippen molar-refractivity contribution in [3.63, 3.8) is 0 Å². The highest BCUT2D eigenvalue weighted by Gasteiger charge is 2.28. The second-order valence-electron chi connectivity index (χ2n) is 4.56. The van der Waals surface area contributed by atoms with Crippen LogP contribution in [0.4, 0.5) is 0 Å². The number of hydrogen-bond donors (Lipinski definition) is 2.